The van der Waals surface area contributed by atoms with Crippen molar-refractivity contribution in [3.05, 3.63) is 71.9 Å². The lowest BCUT2D eigenvalue weighted by molar-refractivity contribution is -0.138. The Morgan fingerprint density at radius 3 is 2.36 bits per heavy atom. The third-order valence-electron chi connectivity index (χ3n) is 8.44. The first-order valence-electron chi connectivity index (χ1n) is 15.8. The Hall–Kier alpha value is -5.20. The van der Waals surface area contributed by atoms with Crippen LogP contribution in [0.25, 0.3) is 10.9 Å². The molecule has 13 nitrogen and oxygen atoms in total. The van der Waals surface area contributed by atoms with Crippen LogP contribution in [0.2, 0.25) is 0 Å². The number of likely N-dealkylation sites (tertiary alicyclic amines) is 1. The van der Waals surface area contributed by atoms with Crippen molar-refractivity contribution < 1.29 is 38.6 Å². The summed E-state index contributed by atoms with van der Waals surface area (Å²) >= 11 is 0. The zero-order valence-corrected chi connectivity index (χ0v) is 26.3. The molecule has 0 saturated carbocycles. The van der Waals surface area contributed by atoms with Gasteiger partial charge in [0.1, 0.15) is 17.5 Å². The predicted octanol–water partition coefficient (Wildman–Crippen LogP) is 2.89. The Kier molecular flexibility index (Phi) is 10.9. The molecule has 0 radical (unpaired) electrons. The van der Waals surface area contributed by atoms with E-state index in [1.54, 1.807) is 36.1 Å². The van der Waals surface area contributed by atoms with Gasteiger partial charge in [0.15, 0.2) is 6.61 Å². The molecule has 2 fully saturated rings. The number of aliphatic carboxylic acids is 1. The van der Waals surface area contributed by atoms with Gasteiger partial charge in [-0.2, -0.15) is 0 Å². The summed E-state index contributed by atoms with van der Waals surface area (Å²) in [5.74, 6) is -1.87. The van der Waals surface area contributed by atoms with Gasteiger partial charge in [0.2, 0.25) is 5.91 Å². The smallest absolute Gasteiger partial charge is 0.409 e. The van der Waals surface area contributed by atoms with E-state index < -0.39 is 29.9 Å². The molecule has 0 aliphatic carbocycles. The second-order valence-electron chi connectivity index (χ2n) is 11.5. The number of hydrogen-bond acceptors (Lipinski definition) is 8. The number of carbonyl (C=O) groups is 5. The van der Waals surface area contributed by atoms with Gasteiger partial charge in [-0.1, -0.05) is 42.5 Å². The number of pyridine rings is 1. The summed E-state index contributed by atoms with van der Waals surface area (Å²) in [4.78, 5) is 72.8. The minimum absolute atomic E-state index is 0.0447. The highest BCUT2D eigenvalue weighted by atomic mass is 16.6. The van der Waals surface area contributed by atoms with Gasteiger partial charge in [0, 0.05) is 63.1 Å². The fraction of sp³-hybridized carbons (Fsp3) is 0.412. The van der Waals surface area contributed by atoms with Crippen LogP contribution in [0.1, 0.15) is 48.2 Å². The molecule has 2 aromatic carbocycles. The third-order valence-corrected chi connectivity index (χ3v) is 8.44. The van der Waals surface area contributed by atoms with E-state index in [2.05, 4.69) is 22.4 Å². The Morgan fingerprint density at radius 1 is 0.936 bits per heavy atom. The van der Waals surface area contributed by atoms with E-state index >= 15 is 0 Å². The number of hydrogen-bond donors (Lipinski definition) is 2. The van der Waals surface area contributed by atoms with Crippen LogP contribution in [0.3, 0.4) is 0 Å². The first-order chi connectivity index (χ1) is 22.7. The number of carbonyl (C=O) groups excluding carboxylic acids is 4. The Bertz CT molecular complexity index is 1610. The van der Waals surface area contributed by atoms with Crippen molar-refractivity contribution in [2.45, 2.75) is 38.1 Å². The number of para-hydroxylation sites is 1. The number of ether oxygens (including phenoxy) is 2. The number of carboxylic acids is 1. The Morgan fingerprint density at radius 2 is 1.64 bits per heavy atom. The molecule has 2 unspecified atom stereocenters. The minimum Gasteiger partial charge on any atom is -0.483 e. The van der Waals surface area contributed by atoms with Crippen molar-refractivity contribution in [2.24, 2.45) is 0 Å². The average molecular weight is 646 g/mol. The number of nitrogens with one attached hydrogen (secondary N) is 1. The van der Waals surface area contributed by atoms with Crippen molar-refractivity contribution in [1.29, 1.82) is 0 Å². The Labute approximate surface area is 272 Å². The summed E-state index contributed by atoms with van der Waals surface area (Å²) in [5.41, 5.74) is 1.60. The highest BCUT2D eigenvalue weighted by Crippen LogP contribution is 2.28. The molecule has 0 bridgehead atoms. The second-order valence-corrected chi connectivity index (χ2v) is 11.5. The first-order valence-corrected chi connectivity index (χ1v) is 15.8. The molecule has 13 heteroatoms. The lowest BCUT2D eigenvalue weighted by Gasteiger charge is -2.35. The number of piperazine rings is 1. The highest BCUT2D eigenvalue weighted by molar-refractivity contribution is 5.99. The molecular weight excluding hydrogens is 606 g/mol. The molecule has 2 atom stereocenters. The number of amides is 4. The van der Waals surface area contributed by atoms with Crippen molar-refractivity contribution >= 4 is 40.7 Å². The third kappa shape index (κ3) is 8.34. The van der Waals surface area contributed by atoms with Crippen LogP contribution in [0.15, 0.2) is 60.7 Å². The summed E-state index contributed by atoms with van der Waals surface area (Å²) in [5, 5.41) is 12.6. The number of rotatable bonds is 11. The van der Waals surface area contributed by atoms with Crippen molar-refractivity contribution in [2.75, 3.05) is 52.5 Å². The van der Waals surface area contributed by atoms with Crippen LogP contribution >= 0.6 is 0 Å². The number of carboxylic acid groups (broad SMARTS) is 1. The highest BCUT2D eigenvalue weighted by Gasteiger charge is 2.32. The lowest BCUT2D eigenvalue weighted by atomic mass is 9.99. The van der Waals surface area contributed by atoms with E-state index in [-0.39, 0.29) is 75.5 Å². The van der Waals surface area contributed by atoms with Gasteiger partial charge in [0.25, 0.3) is 11.8 Å². The maximum Gasteiger partial charge on any atom is 0.409 e. The second kappa shape index (κ2) is 15.4. The van der Waals surface area contributed by atoms with Crippen molar-refractivity contribution in [3.63, 3.8) is 0 Å². The van der Waals surface area contributed by atoms with Gasteiger partial charge in [-0.05, 0) is 37.5 Å². The molecule has 1 aromatic heterocycles. The number of benzene rings is 2. The maximum atomic E-state index is 13.5. The number of fused-ring (bicyclic) bond motifs is 1. The molecule has 2 N–H and O–H groups in total. The first kappa shape index (κ1) is 33.2. The van der Waals surface area contributed by atoms with Gasteiger partial charge < -0.3 is 34.6 Å². The van der Waals surface area contributed by atoms with Crippen LogP contribution in [0.5, 0.6) is 5.75 Å². The summed E-state index contributed by atoms with van der Waals surface area (Å²) in [6.07, 6.45) is -0.0816. The fourth-order valence-corrected chi connectivity index (χ4v) is 5.90. The molecule has 2 saturated heterocycles. The quantitative estimate of drug-likeness (QED) is 0.320. The van der Waals surface area contributed by atoms with Crippen molar-refractivity contribution in [1.82, 2.24) is 25.0 Å². The van der Waals surface area contributed by atoms with E-state index in [4.69, 9.17) is 9.47 Å². The molecule has 2 aliphatic heterocycles. The Balaban J connectivity index is 1.26. The SMILES string of the molecule is CCOC(=O)N1CCN(C(=O)C(CCC(=O)O)NC(=O)c2cc(OCC(=O)N3CCC(c4ccccc4)C3)c3ccccc3n2)CC1. The van der Waals surface area contributed by atoms with E-state index in [9.17, 15) is 29.1 Å². The summed E-state index contributed by atoms with van der Waals surface area (Å²) in [6, 6.07) is 17.4. The predicted molar refractivity (Wildman–Crippen MR) is 171 cm³/mol. The zero-order valence-electron chi connectivity index (χ0n) is 26.3. The zero-order chi connectivity index (χ0) is 33.3. The lowest BCUT2D eigenvalue weighted by Crippen LogP contribution is -2.56. The summed E-state index contributed by atoms with van der Waals surface area (Å²) in [7, 11) is 0. The number of aromatic nitrogens is 1. The largest absolute Gasteiger partial charge is 0.483 e. The van der Waals surface area contributed by atoms with Gasteiger partial charge in [-0.15, -0.1) is 0 Å². The standard InChI is InChI=1S/C34H39N5O8/c1-2-46-34(45)38-18-16-37(17-19-38)33(44)27(12-13-31(41)42)36-32(43)28-20-29(25-10-6-7-11-26(25)35-28)47-22-30(40)39-15-14-24(21-39)23-8-4-3-5-9-23/h3-11,20,24,27H,2,12-19,21-22H2,1H3,(H,36,43)(H,41,42). The van der Waals surface area contributed by atoms with Crippen LogP contribution in [0.4, 0.5) is 4.79 Å². The monoisotopic (exact) mass is 645 g/mol. The van der Waals surface area contributed by atoms with E-state index in [0.29, 0.717) is 24.0 Å². The van der Waals surface area contributed by atoms with Crippen LogP contribution in [0, 0.1) is 0 Å². The molecule has 3 aromatic rings. The van der Waals surface area contributed by atoms with Gasteiger partial charge in [-0.25, -0.2) is 9.78 Å². The molecule has 248 valence electrons. The van der Waals surface area contributed by atoms with Gasteiger partial charge >= 0.3 is 12.1 Å². The van der Waals surface area contributed by atoms with Crippen molar-refractivity contribution in [3.8, 4) is 5.75 Å². The summed E-state index contributed by atoms with van der Waals surface area (Å²) < 4.78 is 11.0. The summed E-state index contributed by atoms with van der Waals surface area (Å²) in [6.45, 7) is 3.86. The average Bonchev–Trinajstić information content (AvgIpc) is 3.59. The fourth-order valence-electron chi connectivity index (χ4n) is 5.90. The van der Waals surface area contributed by atoms with Crippen LogP contribution in [-0.4, -0.2) is 113 Å². The molecule has 5 rings (SSSR count). The minimum atomic E-state index is -1.14. The molecule has 47 heavy (non-hydrogen) atoms. The van der Waals surface area contributed by atoms with Crippen LogP contribution in [-0.2, 0) is 19.1 Å². The van der Waals surface area contributed by atoms with E-state index in [1.165, 1.54) is 21.4 Å². The maximum absolute atomic E-state index is 13.5. The molecule has 3 heterocycles. The van der Waals surface area contributed by atoms with E-state index in [0.717, 1.165) is 6.42 Å². The van der Waals surface area contributed by atoms with E-state index in [1.807, 2.05) is 18.2 Å². The molecule has 2 aliphatic rings. The topological polar surface area (TPSA) is 159 Å². The van der Waals surface area contributed by atoms with Gasteiger partial charge in [-0.3, -0.25) is 19.2 Å². The normalized spacial score (nSPS) is 16.9. The molecule has 4 amide bonds. The molecular formula is C34H39N5O8. The van der Waals surface area contributed by atoms with Gasteiger partial charge in [0.05, 0.1) is 12.1 Å². The molecule has 0 spiro atoms. The van der Waals surface area contributed by atoms with Crippen LogP contribution < -0.4 is 10.1 Å². The number of nitrogens with zero attached hydrogens (tertiary/aromatic N) is 4.